The Hall–Kier alpha value is -1.77. The first-order valence-electron chi connectivity index (χ1n) is 5.41. The fraction of sp³-hybridized carbons (Fsp3) is 0.308. The third-order valence-electron chi connectivity index (χ3n) is 2.39. The number of hydrogen-bond acceptors (Lipinski definition) is 2. The number of rotatable bonds is 0. The van der Waals surface area contributed by atoms with Gasteiger partial charge in [-0.1, -0.05) is 19.9 Å². The smallest absolute Gasteiger partial charge is 0.409 e. The summed E-state index contributed by atoms with van der Waals surface area (Å²) in [4.78, 5) is 0. The van der Waals surface area contributed by atoms with E-state index in [2.05, 4.69) is 0 Å². The molecule has 0 radical (unpaired) electrons. The summed E-state index contributed by atoms with van der Waals surface area (Å²) < 4.78 is 1.57. The van der Waals surface area contributed by atoms with Crippen molar-refractivity contribution >= 4 is 10.9 Å². The highest BCUT2D eigenvalue weighted by Gasteiger charge is 2.15. The van der Waals surface area contributed by atoms with Crippen LogP contribution in [0, 0.1) is 6.92 Å². The molecule has 0 aliphatic rings. The van der Waals surface area contributed by atoms with Crippen molar-refractivity contribution in [2.45, 2.75) is 20.8 Å². The molecule has 0 saturated heterocycles. The number of aromatic nitrogens is 1. The second kappa shape index (κ2) is 4.84. The van der Waals surface area contributed by atoms with E-state index in [1.54, 1.807) is 17.7 Å². The van der Waals surface area contributed by atoms with Crippen molar-refractivity contribution in [1.29, 1.82) is 0 Å². The molecular formula is C13H18NO2+. The van der Waals surface area contributed by atoms with E-state index in [9.17, 15) is 10.2 Å². The summed E-state index contributed by atoms with van der Waals surface area (Å²) in [5.74, 6) is -0.202. The van der Waals surface area contributed by atoms with E-state index < -0.39 is 0 Å². The molecule has 0 saturated carbocycles. The van der Waals surface area contributed by atoms with Crippen molar-refractivity contribution in [3.05, 3.63) is 29.8 Å². The largest absolute Gasteiger partial charge is 0.500 e. The van der Waals surface area contributed by atoms with Crippen molar-refractivity contribution in [2.24, 2.45) is 7.05 Å². The molecule has 86 valence electrons. The van der Waals surface area contributed by atoms with E-state index in [1.165, 1.54) is 0 Å². The predicted molar refractivity (Wildman–Crippen MR) is 64.5 cm³/mol. The third-order valence-corrected chi connectivity index (χ3v) is 2.39. The summed E-state index contributed by atoms with van der Waals surface area (Å²) in [6, 6.07) is 7.42. The highest BCUT2D eigenvalue weighted by Crippen LogP contribution is 2.24. The molecule has 3 nitrogen and oxygen atoms in total. The molecule has 0 atom stereocenters. The van der Waals surface area contributed by atoms with E-state index in [0.717, 1.165) is 16.5 Å². The van der Waals surface area contributed by atoms with Crippen LogP contribution in [0.3, 0.4) is 0 Å². The molecule has 0 aliphatic heterocycles. The number of aromatic hydroxyl groups is 2. The van der Waals surface area contributed by atoms with Gasteiger partial charge < -0.3 is 10.2 Å². The van der Waals surface area contributed by atoms with Gasteiger partial charge in [-0.3, -0.25) is 0 Å². The van der Waals surface area contributed by atoms with Gasteiger partial charge in [-0.05, 0) is 18.6 Å². The molecule has 2 aromatic rings. The predicted octanol–water partition coefficient (Wildman–Crippen LogP) is 2.41. The van der Waals surface area contributed by atoms with Gasteiger partial charge in [-0.15, -0.1) is 0 Å². The first-order chi connectivity index (χ1) is 7.59. The van der Waals surface area contributed by atoms with Crippen molar-refractivity contribution in [3.8, 4) is 11.6 Å². The van der Waals surface area contributed by atoms with Crippen LogP contribution in [0.5, 0.6) is 11.6 Å². The summed E-state index contributed by atoms with van der Waals surface area (Å²) in [7, 11) is 1.72. The second-order valence-corrected chi connectivity index (χ2v) is 3.47. The van der Waals surface area contributed by atoms with Crippen LogP contribution in [0.4, 0.5) is 0 Å². The molecule has 1 aromatic carbocycles. The molecule has 0 spiro atoms. The Morgan fingerprint density at radius 3 is 2.31 bits per heavy atom. The lowest BCUT2D eigenvalue weighted by Crippen LogP contribution is -2.29. The standard InChI is InChI=1S/C11H11NO2.C2H6/c1-7-3-4-8-6-10(13)11(14)12(2)9(8)5-7;1-2/h3-6,13H,1-2H3;1-2H3/p+1. The van der Waals surface area contributed by atoms with Crippen LogP contribution in [0.2, 0.25) is 0 Å². The number of fused-ring (bicyclic) bond motifs is 1. The van der Waals surface area contributed by atoms with Gasteiger partial charge in [-0.25, -0.2) is 0 Å². The van der Waals surface area contributed by atoms with E-state index in [0.29, 0.717) is 0 Å². The molecule has 0 unspecified atom stereocenters. The monoisotopic (exact) mass is 220 g/mol. The van der Waals surface area contributed by atoms with Gasteiger partial charge in [0.25, 0.3) is 0 Å². The quantitative estimate of drug-likeness (QED) is 0.670. The molecule has 0 aliphatic carbocycles. The van der Waals surface area contributed by atoms with Gasteiger partial charge in [0, 0.05) is 12.1 Å². The number of pyridine rings is 1. The zero-order valence-corrected chi connectivity index (χ0v) is 10.2. The average Bonchev–Trinajstić information content (AvgIpc) is 2.30. The number of hydrogen-bond donors (Lipinski definition) is 2. The maximum Gasteiger partial charge on any atom is 0.409 e. The number of nitrogens with zero attached hydrogens (tertiary/aromatic N) is 1. The van der Waals surface area contributed by atoms with Gasteiger partial charge >= 0.3 is 5.88 Å². The molecule has 1 aromatic heterocycles. The molecule has 3 heteroatoms. The maximum atomic E-state index is 9.51. The van der Waals surface area contributed by atoms with Gasteiger partial charge in [0.15, 0.2) is 0 Å². The summed E-state index contributed by atoms with van der Waals surface area (Å²) in [5.41, 5.74) is 2.03. The van der Waals surface area contributed by atoms with E-state index in [4.69, 9.17) is 0 Å². The van der Waals surface area contributed by atoms with Crippen LogP contribution in [0.15, 0.2) is 24.3 Å². The maximum absolute atomic E-state index is 9.51. The van der Waals surface area contributed by atoms with Gasteiger partial charge in [0.2, 0.25) is 11.3 Å². The van der Waals surface area contributed by atoms with E-state index in [-0.39, 0.29) is 11.6 Å². The Kier molecular flexibility index (Phi) is 3.72. The first kappa shape index (κ1) is 12.3. The van der Waals surface area contributed by atoms with Crippen LogP contribution in [-0.2, 0) is 7.05 Å². The minimum atomic E-state index is -0.108. The van der Waals surface area contributed by atoms with Gasteiger partial charge in [-0.2, -0.15) is 4.57 Å². The number of benzene rings is 1. The molecular weight excluding hydrogens is 202 g/mol. The summed E-state index contributed by atoms with van der Waals surface area (Å²) in [5, 5.41) is 19.8. The van der Waals surface area contributed by atoms with Gasteiger partial charge in [0.05, 0.1) is 5.39 Å². The highest BCUT2D eigenvalue weighted by molar-refractivity contribution is 5.78. The third kappa shape index (κ3) is 2.08. The normalized spacial score (nSPS) is 9.75. The summed E-state index contributed by atoms with van der Waals surface area (Å²) in [6.07, 6.45) is 0. The minimum absolute atomic E-state index is 0.0937. The zero-order valence-electron chi connectivity index (χ0n) is 10.2. The van der Waals surface area contributed by atoms with Crippen molar-refractivity contribution in [1.82, 2.24) is 0 Å². The summed E-state index contributed by atoms with van der Waals surface area (Å²) in [6.45, 7) is 5.99. The molecule has 0 amide bonds. The first-order valence-corrected chi connectivity index (χ1v) is 5.41. The zero-order chi connectivity index (χ0) is 12.3. The Morgan fingerprint density at radius 1 is 1.06 bits per heavy atom. The minimum Gasteiger partial charge on any atom is -0.500 e. The van der Waals surface area contributed by atoms with Crippen LogP contribution < -0.4 is 4.57 Å². The topological polar surface area (TPSA) is 44.3 Å². The van der Waals surface area contributed by atoms with Crippen LogP contribution in [-0.4, -0.2) is 10.2 Å². The summed E-state index contributed by atoms with van der Waals surface area (Å²) >= 11 is 0. The lowest BCUT2D eigenvalue weighted by molar-refractivity contribution is -0.652. The fourth-order valence-electron chi connectivity index (χ4n) is 1.56. The molecule has 0 bridgehead atoms. The fourth-order valence-corrected chi connectivity index (χ4v) is 1.56. The molecule has 16 heavy (non-hydrogen) atoms. The molecule has 2 N–H and O–H groups in total. The SMILES string of the molecule is CC.Cc1ccc2cc(O)c(O)[n+](C)c2c1. The Bertz CT molecular complexity index is 507. The average molecular weight is 220 g/mol. The lowest BCUT2D eigenvalue weighted by Gasteiger charge is -2.01. The van der Waals surface area contributed by atoms with E-state index in [1.807, 2.05) is 39.0 Å². The molecule has 2 rings (SSSR count). The van der Waals surface area contributed by atoms with Crippen molar-refractivity contribution < 1.29 is 14.8 Å². The lowest BCUT2D eigenvalue weighted by atomic mass is 10.1. The Balaban J connectivity index is 0.000000606. The van der Waals surface area contributed by atoms with Gasteiger partial charge in [0.1, 0.15) is 7.05 Å². The van der Waals surface area contributed by atoms with Crippen LogP contribution in [0.1, 0.15) is 19.4 Å². The van der Waals surface area contributed by atoms with Crippen LogP contribution in [0.25, 0.3) is 10.9 Å². The Morgan fingerprint density at radius 2 is 1.69 bits per heavy atom. The van der Waals surface area contributed by atoms with Crippen LogP contribution >= 0.6 is 0 Å². The second-order valence-electron chi connectivity index (χ2n) is 3.47. The van der Waals surface area contributed by atoms with E-state index >= 15 is 0 Å². The Labute approximate surface area is 95.6 Å². The molecule has 1 heterocycles. The number of aryl methyl sites for hydroxylation is 2. The highest BCUT2D eigenvalue weighted by atomic mass is 16.3. The molecule has 0 fully saturated rings. The van der Waals surface area contributed by atoms with Crippen molar-refractivity contribution in [2.75, 3.05) is 0 Å². The van der Waals surface area contributed by atoms with Crippen molar-refractivity contribution in [3.63, 3.8) is 0 Å².